The minimum Gasteiger partial charge on any atom is -0.192 e. The van der Waals surface area contributed by atoms with Crippen LogP contribution in [0.4, 0.5) is 0 Å². The van der Waals surface area contributed by atoms with Crippen molar-refractivity contribution in [2.24, 2.45) is 0 Å². The molecule has 0 aliphatic rings. The predicted octanol–water partition coefficient (Wildman–Crippen LogP) is 2.95. The van der Waals surface area contributed by atoms with Crippen molar-refractivity contribution in [3.63, 3.8) is 0 Å². The number of thiophene rings is 1. The van der Waals surface area contributed by atoms with Crippen molar-refractivity contribution in [3.05, 3.63) is 34.2 Å². The summed E-state index contributed by atoms with van der Waals surface area (Å²) in [6.07, 6.45) is 0. The van der Waals surface area contributed by atoms with Gasteiger partial charge in [-0.1, -0.05) is 6.07 Å². The van der Waals surface area contributed by atoms with Gasteiger partial charge in [0.2, 0.25) is 0 Å². The highest BCUT2D eigenvalue weighted by Gasteiger charge is 2.09. The van der Waals surface area contributed by atoms with E-state index in [1.54, 1.807) is 11.4 Å². The summed E-state index contributed by atoms with van der Waals surface area (Å²) in [6.45, 7) is 1.99. The summed E-state index contributed by atoms with van der Waals surface area (Å²) in [5.74, 6) is 0. The van der Waals surface area contributed by atoms with Gasteiger partial charge in [0.1, 0.15) is 6.07 Å². The Bertz CT molecular complexity index is 582. The Kier molecular flexibility index (Phi) is 1.96. The van der Waals surface area contributed by atoms with Gasteiger partial charge >= 0.3 is 0 Å². The second kappa shape index (κ2) is 3.14. The SMILES string of the molecule is Cc1ccc(C#N)c2c(C#N)csc12. The second-order valence-corrected chi connectivity index (χ2v) is 3.89. The zero-order chi connectivity index (χ0) is 10.1. The number of nitriles is 2. The molecule has 1 heterocycles. The Morgan fingerprint density at radius 1 is 1.14 bits per heavy atom. The van der Waals surface area contributed by atoms with Crippen LogP contribution in [0, 0.1) is 29.6 Å². The van der Waals surface area contributed by atoms with Crippen molar-refractivity contribution in [3.8, 4) is 12.1 Å². The van der Waals surface area contributed by atoms with E-state index in [2.05, 4.69) is 12.1 Å². The van der Waals surface area contributed by atoms with Crippen molar-refractivity contribution in [2.45, 2.75) is 6.92 Å². The first kappa shape index (κ1) is 8.74. The molecule has 3 heteroatoms. The highest BCUT2D eigenvalue weighted by Crippen LogP contribution is 2.30. The third kappa shape index (κ3) is 1.08. The molecule has 0 unspecified atom stereocenters. The van der Waals surface area contributed by atoms with Gasteiger partial charge in [-0.25, -0.2) is 0 Å². The Balaban J connectivity index is 3.00. The maximum atomic E-state index is 8.91. The Morgan fingerprint density at radius 3 is 2.50 bits per heavy atom. The van der Waals surface area contributed by atoms with E-state index in [0.717, 1.165) is 15.6 Å². The minimum absolute atomic E-state index is 0.586. The number of rotatable bonds is 0. The van der Waals surface area contributed by atoms with Gasteiger partial charge in [0.25, 0.3) is 0 Å². The van der Waals surface area contributed by atoms with E-state index in [0.29, 0.717) is 11.1 Å². The molecule has 2 aromatic rings. The smallest absolute Gasteiger partial charge is 0.101 e. The van der Waals surface area contributed by atoms with E-state index in [1.807, 2.05) is 13.0 Å². The van der Waals surface area contributed by atoms with Crippen LogP contribution in [0.5, 0.6) is 0 Å². The van der Waals surface area contributed by atoms with Crippen LogP contribution in [-0.4, -0.2) is 0 Å². The lowest BCUT2D eigenvalue weighted by Gasteiger charge is -1.97. The van der Waals surface area contributed by atoms with Crippen molar-refractivity contribution in [2.75, 3.05) is 0 Å². The number of aryl methyl sites for hydroxylation is 1. The highest BCUT2D eigenvalue weighted by molar-refractivity contribution is 7.17. The number of nitrogens with zero attached hydrogens (tertiary/aromatic N) is 2. The fraction of sp³-hybridized carbons (Fsp3) is 0.0909. The first-order chi connectivity index (χ1) is 6.77. The van der Waals surface area contributed by atoms with Crippen molar-refractivity contribution in [1.29, 1.82) is 10.5 Å². The molecule has 14 heavy (non-hydrogen) atoms. The second-order valence-electron chi connectivity index (χ2n) is 3.01. The molecule has 0 atom stereocenters. The maximum absolute atomic E-state index is 8.91. The molecule has 0 N–H and O–H groups in total. The van der Waals surface area contributed by atoms with Crippen molar-refractivity contribution >= 4 is 21.4 Å². The molecular formula is C11H6N2S. The van der Waals surface area contributed by atoms with Crippen LogP contribution in [-0.2, 0) is 0 Å². The normalized spacial score (nSPS) is 9.64. The molecule has 2 rings (SSSR count). The third-order valence-electron chi connectivity index (χ3n) is 2.16. The van der Waals surface area contributed by atoms with E-state index in [-0.39, 0.29) is 0 Å². The van der Waals surface area contributed by atoms with Crippen molar-refractivity contribution < 1.29 is 0 Å². The fourth-order valence-corrected chi connectivity index (χ4v) is 2.46. The molecule has 0 fully saturated rings. The van der Waals surface area contributed by atoms with Gasteiger partial charge in [0.05, 0.1) is 17.2 Å². The standard InChI is InChI=1S/C11H6N2S/c1-7-2-3-8(4-12)10-9(5-13)6-14-11(7)10/h2-3,6H,1H3. The van der Waals surface area contributed by atoms with E-state index < -0.39 is 0 Å². The first-order valence-electron chi connectivity index (χ1n) is 4.09. The van der Waals surface area contributed by atoms with E-state index >= 15 is 0 Å². The van der Waals surface area contributed by atoms with E-state index in [4.69, 9.17) is 10.5 Å². The van der Waals surface area contributed by atoms with Gasteiger partial charge < -0.3 is 0 Å². The first-order valence-corrected chi connectivity index (χ1v) is 4.97. The van der Waals surface area contributed by atoms with Crippen LogP contribution in [0.2, 0.25) is 0 Å². The largest absolute Gasteiger partial charge is 0.192 e. The monoisotopic (exact) mass is 198 g/mol. The topological polar surface area (TPSA) is 47.6 Å². The number of hydrogen-bond donors (Lipinski definition) is 0. The van der Waals surface area contributed by atoms with Gasteiger partial charge in [0.15, 0.2) is 0 Å². The van der Waals surface area contributed by atoms with Gasteiger partial charge in [-0.3, -0.25) is 0 Å². The lowest BCUT2D eigenvalue weighted by Crippen LogP contribution is -1.81. The molecule has 0 saturated carbocycles. The summed E-state index contributed by atoms with van der Waals surface area (Å²) < 4.78 is 1.04. The quantitative estimate of drug-likeness (QED) is 0.653. The average Bonchev–Trinajstić information content (AvgIpc) is 2.63. The van der Waals surface area contributed by atoms with Gasteiger partial charge in [-0.05, 0) is 18.6 Å². The lowest BCUT2D eigenvalue weighted by atomic mass is 10.1. The van der Waals surface area contributed by atoms with E-state index in [1.165, 1.54) is 11.3 Å². The molecule has 0 bridgehead atoms. The van der Waals surface area contributed by atoms with E-state index in [9.17, 15) is 0 Å². The predicted molar refractivity (Wildman–Crippen MR) is 56.0 cm³/mol. The van der Waals surface area contributed by atoms with Crippen LogP contribution in [0.15, 0.2) is 17.5 Å². The molecule has 0 amide bonds. The van der Waals surface area contributed by atoms with Crippen LogP contribution in [0.3, 0.4) is 0 Å². The lowest BCUT2D eigenvalue weighted by molar-refractivity contribution is 1.48. The third-order valence-corrected chi connectivity index (χ3v) is 3.27. The van der Waals surface area contributed by atoms with Crippen molar-refractivity contribution in [1.82, 2.24) is 0 Å². The molecule has 1 aromatic carbocycles. The number of hydrogen-bond acceptors (Lipinski definition) is 3. The zero-order valence-electron chi connectivity index (χ0n) is 7.53. The van der Waals surface area contributed by atoms with Crippen LogP contribution < -0.4 is 0 Å². The fourth-order valence-electron chi connectivity index (χ4n) is 1.46. The number of benzene rings is 1. The summed E-state index contributed by atoms with van der Waals surface area (Å²) in [5, 5.41) is 20.4. The van der Waals surface area contributed by atoms with Gasteiger partial charge in [-0.2, -0.15) is 10.5 Å². The summed E-state index contributed by atoms with van der Waals surface area (Å²) in [7, 11) is 0. The Hall–Kier alpha value is -1.84. The minimum atomic E-state index is 0.586. The summed E-state index contributed by atoms with van der Waals surface area (Å²) >= 11 is 1.52. The summed E-state index contributed by atoms with van der Waals surface area (Å²) in [4.78, 5) is 0. The molecule has 0 radical (unpaired) electrons. The molecule has 0 aliphatic carbocycles. The summed E-state index contributed by atoms with van der Waals surface area (Å²) in [6, 6.07) is 7.91. The summed E-state index contributed by atoms with van der Waals surface area (Å²) in [5.41, 5.74) is 2.30. The molecule has 0 aliphatic heterocycles. The molecule has 0 saturated heterocycles. The number of fused-ring (bicyclic) bond motifs is 1. The van der Waals surface area contributed by atoms with Crippen LogP contribution in [0.1, 0.15) is 16.7 Å². The highest BCUT2D eigenvalue weighted by atomic mass is 32.1. The van der Waals surface area contributed by atoms with Gasteiger partial charge in [0, 0.05) is 15.5 Å². The zero-order valence-corrected chi connectivity index (χ0v) is 8.35. The van der Waals surface area contributed by atoms with Gasteiger partial charge in [-0.15, -0.1) is 11.3 Å². The average molecular weight is 198 g/mol. The Labute approximate surface area is 85.6 Å². The molecule has 2 nitrogen and oxygen atoms in total. The molecule has 66 valence electrons. The molecule has 1 aromatic heterocycles. The van der Waals surface area contributed by atoms with Crippen LogP contribution in [0.25, 0.3) is 10.1 Å². The van der Waals surface area contributed by atoms with Crippen LogP contribution >= 0.6 is 11.3 Å². The molecular weight excluding hydrogens is 192 g/mol. The maximum Gasteiger partial charge on any atom is 0.101 e. The Morgan fingerprint density at radius 2 is 1.86 bits per heavy atom. The molecule has 0 spiro atoms.